The van der Waals surface area contributed by atoms with Crippen LogP contribution in [0.3, 0.4) is 0 Å². The third kappa shape index (κ3) is 5.67. The first kappa shape index (κ1) is 22.6. The summed E-state index contributed by atoms with van der Waals surface area (Å²) in [5.41, 5.74) is 3.01. The van der Waals surface area contributed by atoms with Gasteiger partial charge in [-0.05, 0) is 43.7 Å². The summed E-state index contributed by atoms with van der Waals surface area (Å²) in [7, 11) is 1.67. The highest BCUT2D eigenvalue weighted by Crippen LogP contribution is 2.15. The van der Waals surface area contributed by atoms with Gasteiger partial charge in [-0.25, -0.2) is 9.37 Å². The number of hydrogen-bond acceptors (Lipinski definition) is 3. The first-order chi connectivity index (χ1) is 13.6. The number of nitrogens with zero attached hydrogens (tertiary/aromatic N) is 4. The summed E-state index contributed by atoms with van der Waals surface area (Å²) < 4.78 is 16.1. The zero-order chi connectivity index (χ0) is 19.9. The van der Waals surface area contributed by atoms with E-state index in [2.05, 4.69) is 31.2 Å². The Labute approximate surface area is 186 Å². The first-order valence-electron chi connectivity index (χ1n) is 9.17. The molecule has 0 aliphatic heterocycles. The van der Waals surface area contributed by atoms with E-state index in [0.29, 0.717) is 23.6 Å². The van der Waals surface area contributed by atoms with Crippen LogP contribution in [-0.2, 0) is 13.1 Å². The van der Waals surface area contributed by atoms with Crippen molar-refractivity contribution >= 4 is 41.0 Å². The minimum atomic E-state index is -0.343. The van der Waals surface area contributed by atoms with Crippen LogP contribution in [0.25, 0.3) is 11.0 Å². The molecule has 0 bridgehead atoms. The molecule has 29 heavy (non-hydrogen) atoms. The molecule has 0 fully saturated rings. The van der Waals surface area contributed by atoms with E-state index in [4.69, 9.17) is 5.26 Å². The highest BCUT2D eigenvalue weighted by molar-refractivity contribution is 14.0. The van der Waals surface area contributed by atoms with Gasteiger partial charge < -0.3 is 15.2 Å². The lowest BCUT2D eigenvalue weighted by molar-refractivity contribution is 0.601. The molecule has 0 aliphatic rings. The Morgan fingerprint density at radius 3 is 2.79 bits per heavy atom. The van der Waals surface area contributed by atoms with Gasteiger partial charge in [0.25, 0.3) is 0 Å². The number of aryl methyl sites for hydroxylation is 2. The van der Waals surface area contributed by atoms with Crippen LogP contribution in [0.15, 0.2) is 47.5 Å². The average Bonchev–Trinajstić information content (AvgIpc) is 3.03. The number of imidazole rings is 1. The molecule has 0 spiro atoms. The summed E-state index contributed by atoms with van der Waals surface area (Å²) in [5, 5.41) is 15.3. The monoisotopic (exact) mass is 506 g/mol. The second-order valence-corrected chi connectivity index (χ2v) is 6.42. The molecule has 0 saturated heterocycles. The molecular weight excluding hydrogens is 482 g/mol. The van der Waals surface area contributed by atoms with Gasteiger partial charge in [-0.1, -0.05) is 12.1 Å². The van der Waals surface area contributed by atoms with E-state index in [9.17, 15) is 4.39 Å². The Bertz CT molecular complexity index is 1040. The fourth-order valence-corrected chi connectivity index (χ4v) is 3.10. The van der Waals surface area contributed by atoms with Crippen LogP contribution in [-0.4, -0.2) is 29.1 Å². The third-order valence-corrected chi connectivity index (χ3v) is 4.54. The third-order valence-electron chi connectivity index (χ3n) is 4.54. The molecule has 6 nitrogen and oxygen atoms in total. The van der Waals surface area contributed by atoms with Crippen LogP contribution < -0.4 is 10.6 Å². The fourth-order valence-electron chi connectivity index (χ4n) is 3.10. The SMILES string of the molecule is CN=C(NCCCn1c(C)nc2ccccc21)NCc1cc(C#N)ccc1F.I. The number of fused-ring (bicyclic) bond motifs is 1. The van der Waals surface area contributed by atoms with Crippen molar-refractivity contribution in [1.29, 1.82) is 5.26 Å². The molecule has 2 aromatic carbocycles. The topological polar surface area (TPSA) is 78.0 Å². The van der Waals surface area contributed by atoms with Crippen LogP contribution >= 0.6 is 24.0 Å². The van der Waals surface area contributed by atoms with E-state index >= 15 is 0 Å². The molecule has 3 rings (SSSR count). The van der Waals surface area contributed by atoms with Crippen LogP contribution in [0.5, 0.6) is 0 Å². The summed E-state index contributed by atoms with van der Waals surface area (Å²) >= 11 is 0. The summed E-state index contributed by atoms with van der Waals surface area (Å²) in [6.45, 7) is 3.83. The first-order valence-corrected chi connectivity index (χ1v) is 9.17. The maximum atomic E-state index is 13.9. The fraction of sp³-hybridized carbons (Fsp3) is 0.286. The lowest BCUT2D eigenvalue weighted by Gasteiger charge is -2.13. The number of rotatable bonds is 6. The van der Waals surface area contributed by atoms with Crippen LogP contribution in [0, 0.1) is 24.1 Å². The van der Waals surface area contributed by atoms with Gasteiger partial charge in [0.05, 0.1) is 22.7 Å². The van der Waals surface area contributed by atoms with Crippen molar-refractivity contribution < 1.29 is 4.39 Å². The van der Waals surface area contributed by atoms with Gasteiger partial charge in [-0.15, -0.1) is 24.0 Å². The minimum Gasteiger partial charge on any atom is -0.356 e. The molecule has 0 atom stereocenters. The van der Waals surface area contributed by atoms with E-state index < -0.39 is 0 Å². The van der Waals surface area contributed by atoms with Gasteiger partial charge in [-0.3, -0.25) is 4.99 Å². The molecule has 8 heteroatoms. The maximum Gasteiger partial charge on any atom is 0.191 e. The van der Waals surface area contributed by atoms with E-state index in [1.54, 1.807) is 13.1 Å². The number of hydrogen-bond donors (Lipinski definition) is 2. The summed E-state index contributed by atoms with van der Waals surface area (Å²) in [6.07, 6.45) is 0.889. The minimum absolute atomic E-state index is 0. The lowest BCUT2D eigenvalue weighted by atomic mass is 10.1. The lowest BCUT2D eigenvalue weighted by Crippen LogP contribution is -2.37. The number of nitriles is 1. The quantitative estimate of drug-likeness (QED) is 0.231. The highest BCUT2D eigenvalue weighted by Gasteiger charge is 2.07. The highest BCUT2D eigenvalue weighted by atomic mass is 127. The van der Waals surface area contributed by atoms with Crippen molar-refractivity contribution in [1.82, 2.24) is 20.2 Å². The number of nitrogens with one attached hydrogen (secondary N) is 2. The van der Waals surface area contributed by atoms with Gasteiger partial charge in [0.1, 0.15) is 11.6 Å². The largest absolute Gasteiger partial charge is 0.356 e. The molecule has 0 unspecified atom stereocenters. The molecule has 0 aliphatic carbocycles. The van der Waals surface area contributed by atoms with Crippen LogP contribution in [0.2, 0.25) is 0 Å². The number of aromatic nitrogens is 2. The zero-order valence-electron chi connectivity index (χ0n) is 16.4. The second-order valence-electron chi connectivity index (χ2n) is 6.42. The summed E-state index contributed by atoms with van der Waals surface area (Å²) in [4.78, 5) is 8.74. The molecule has 0 radical (unpaired) electrons. The van der Waals surface area contributed by atoms with Crippen molar-refractivity contribution in [2.45, 2.75) is 26.4 Å². The zero-order valence-corrected chi connectivity index (χ0v) is 18.8. The Kier molecular flexibility index (Phi) is 8.39. The number of guanidine groups is 1. The van der Waals surface area contributed by atoms with Crippen LogP contribution in [0.1, 0.15) is 23.4 Å². The predicted octanol–water partition coefficient (Wildman–Crippen LogP) is 3.73. The Morgan fingerprint density at radius 2 is 2.03 bits per heavy atom. The van der Waals surface area contributed by atoms with Gasteiger partial charge in [0, 0.05) is 32.2 Å². The summed E-state index contributed by atoms with van der Waals surface area (Å²) in [5.74, 6) is 1.25. The molecule has 0 saturated carbocycles. The Balaban J connectivity index is 0.00000300. The van der Waals surface area contributed by atoms with E-state index in [0.717, 1.165) is 29.8 Å². The van der Waals surface area contributed by atoms with Gasteiger partial charge in [-0.2, -0.15) is 5.26 Å². The van der Waals surface area contributed by atoms with Crippen molar-refractivity contribution in [2.24, 2.45) is 4.99 Å². The van der Waals surface area contributed by atoms with Gasteiger partial charge >= 0.3 is 0 Å². The maximum absolute atomic E-state index is 13.9. The molecule has 1 aromatic heterocycles. The van der Waals surface area contributed by atoms with Crippen molar-refractivity contribution in [3.8, 4) is 6.07 Å². The standard InChI is InChI=1S/C21H23FN6.HI/c1-15-27-19-6-3-4-7-20(19)28(15)11-5-10-25-21(24-2)26-14-17-12-16(13-23)8-9-18(17)22;/h3-4,6-9,12H,5,10-11,14H2,1-2H3,(H2,24,25,26);1H. The van der Waals surface area contributed by atoms with Gasteiger partial charge in [0.2, 0.25) is 0 Å². The summed E-state index contributed by atoms with van der Waals surface area (Å²) in [6, 6.07) is 14.4. The number of halogens is 2. The number of para-hydroxylation sites is 2. The molecule has 2 N–H and O–H groups in total. The molecule has 1 heterocycles. The normalized spacial score (nSPS) is 11.0. The predicted molar refractivity (Wildman–Crippen MR) is 124 cm³/mol. The van der Waals surface area contributed by atoms with E-state index in [1.807, 2.05) is 31.2 Å². The second kappa shape index (κ2) is 10.8. The molecular formula is C21H24FIN6. The van der Waals surface area contributed by atoms with Crippen LogP contribution in [0.4, 0.5) is 4.39 Å². The average molecular weight is 506 g/mol. The van der Waals surface area contributed by atoms with Crippen molar-refractivity contribution in [2.75, 3.05) is 13.6 Å². The van der Waals surface area contributed by atoms with Crippen molar-refractivity contribution in [3.63, 3.8) is 0 Å². The number of aliphatic imine (C=N–C) groups is 1. The van der Waals surface area contributed by atoms with E-state index in [1.165, 1.54) is 12.1 Å². The molecule has 152 valence electrons. The van der Waals surface area contributed by atoms with Gasteiger partial charge in [0.15, 0.2) is 5.96 Å². The molecule has 0 amide bonds. The Morgan fingerprint density at radius 1 is 1.24 bits per heavy atom. The number of benzene rings is 2. The molecule has 3 aromatic rings. The smallest absolute Gasteiger partial charge is 0.191 e. The Hall–Kier alpha value is -2.67. The van der Waals surface area contributed by atoms with E-state index in [-0.39, 0.29) is 36.3 Å². The van der Waals surface area contributed by atoms with Crippen molar-refractivity contribution in [3.05, 3.63) is 65.2 Å².